The maximum absolute atomic E-state index is 13.0. The summed E-state index contributed by atoms with van der Waals surface area (Å²) in [7, 11) is 1.60. The fraction of sp³-hybridized carbons (Fsp3) is 0.333. The van der Waals surface area contributed by atoms with Crippen molar-refractivity contribution in [1.29, 1.82) is 0 Å². The zero-order chi connectivity index (χ0) is 23.7. The van der Waals surface area contributed by atoms with Crippen LogP contribution in [0, 0.1) is 12.8 Å². The molecule has 0 aliphatic heterocycles. The minimum absolute atomic E-state index is 0.0698. The van der Waals surface area contributed by atoms with E-state index in [4.69, 9.17) is 19.2 Å². The van der Waals surface area contributed by atoms with Gasteiger partial charge in [-0.25, -0.2) is 4.98 Å². The summed E-state index contributed by atoms with van der Waals surface area (Å²) in [4.78, 5) is 22.9. The van der Waals surface area contributed by atoms with Crippen molar-refractivity contribution in [3.8, 4) is 28.6 Å². The summed E-state index contributed by atoms with van der Waals surface area (Å²) in [6, 6.07) is 13.5. The Morgan fingerprint density at radius 1 is 1.09 bits per heavy atom. The number of ether oxygens (including phenoxy) is 3. The van der Waals surface area contributed by atoms with Crippen molar-refractivity contribution in [3.05, 3.63) is 68.8 Å². The van der Waals surface area contributed by atoms with Gasteiger partial charge in [-0.05, 0) is 68.0 Å². The normalized spacial score (nSPS) is 15.2. The van der Waals surface area contributed by atoms with Gasteiger partial charge in [0.1, 0.15) is 29.6 Å². The molecule has 0 bridgehead atoms. The lowest BCUT2D eigenvalue weighted by molar-refractivity contribution is 0.211. The second-order valence-electron chi connectivity index (χ2n) is 8.82. The smallest absolute Gasteiger partial charge is 0.260 e. The number of aromatic amines is 1. The average Bonchev–Trinajstić information content (AvgIpc) is 3.20. The van der Waals surface area contributed by atoms with Crippen LogP contribution in [-0.2, 0) is 12.8 Å². The van der Waals surface area contributed by atoms with Gasteiger partial charge >= 0.3 is 0 Å². The first-order valence-corrected chi connectivity index (χ1v) is 12.4. The van der Waals surface area contributed by atoms with Gasteiger partial charge in [-0.2, -0.15) is 0 Å². The van der Waals surface area contributed by atoms with Crippen molar-refractivity contribution in [2.24, 2.45) is 5.92 Å². The first kappa shape index (κ1) is 22.5. The summed E-state index contributed by atoms with van der Waals surface area (Å²) >= 11 is 1.65. The third-order valence-corrected chi connectivity index (χ3v) is 7.38. The highest BCUT2D eigenvalue weighted by atomic mass is 32.1. The number of nitrogens with one attached hydrogen (secondary N) is 1. The monoisotopic (exact) mass is 476 g/mol. The molecule has 176 valence electrons. The number of thiophene rings is 1. The Bertz CT molecular complexity index is 1370. The number of aryl methyl sites for hydroxylation is 2. The fourth-order valence-corrected chi connectivity index (χ4v) is 5.75. The molecule has 34 heavy (non-hydrogen) atoms. The summed E-state index contributed by atoms with van der Waals surface area (Å²) in [5.74, 6) is 3.19. The molecule has 0 saturated heterocycles. The molecule has 0 saturated carbocycles. The number of fused-ring (bicyclic) bond motifs is 3. The van der Waals surface area contributed by atoms with E-state index in [-0.39, 0.29) is 5.56 Å². The van der Waals surface area contributed by atoms with Crippen LogP contribution in [0.1, 0.15) is 29.3 Å². The summed E-state index contributed by atoms with van der Waals surface area (Å²) in [6.45, 7) is 5.10. The number of H-pyrrole nitrogens is 1. The second-order valence-corrected chi connectivity index (χ2v) is 9.91. The van der Waals surface area contributed by atoms with E-state index in [1.54, 1.807) is 18.4 Å². The molecule has 2 aromatic heterocycles. The molecule has 4 aromatic rings. The molecule has 0 unspecified atom stereocenters. The molecule has 0 fully saturated rings. The Balaban J connectivity index is 1.33. The molecule has 6 nitrogen and oxygen atoms in total. The molecule has 1 aliphatic rings. The summed E-state index contributed by atoms with van der Waals surface area (Å²) < 4.78 is 17.2. The average molecular weight is 477 g/mol. The van der Waals surface area contributed by atoms with E-state index in [0.29, 0.717) is 36.5 Å². The Labute approximate surface area is 202 Å². The number of methoxy groups -OCH3 is 1. The second kappa shape index (κ2) is 9.50. The number of benzene rings is 2. The van der Waals surface area contributed by atoms with Gasteiger partial charge in [-0.15, -0.1) is 11.3 Å². The van der Waals surface area contributed by atoms with E-state index in [2.05, 4.69) is 11.9 Å². The van der Waals surface area contributed by atoms with E-state index < -0.39 is 0 Å². The first-order chi connectivity index (χ1) is 16.5. The quantitative estimate of drug-likeness (QED) is 0.354. The van der Waals surface area contributed by atoms with Crippen LogP contribution >= 0.6 is 11.3 Å². The highest BCUT2D eigenvalue weighted by molar-refractivity contribution is 7.18. The van der Waals surface area contributed by atoms with Gasteiger partial charge in [0.2, 0.25) is 0 Å². The minimum Gasteiger partial charge on any atom is -0.493 e. The summed E-state index contributed by atoms with van der Waals surface area (Å²) in [6.07, 6.45) is 3.10. The van der Waals surface area contributed by atoms with Crippen LogP contribution in [0.4, 0.5) is 0 Å². The van der Waals surface area contributed by atoms with E-state index >= 15 is 0 Å². The zero-order valence-corrected chi connectivity index (χ0v) is 20.5. The Morgan fingerprint density at radius 3 is 2.68 bits per heavy atom. The maximum atomic E-state index is 13.0. The molecule has 2 aromatic carbocycles. The molecule has 2 heterocycles. The van der Waals surface area contributed by atoms with Gasteiger partial charge in [-0.3, -0.25) is 4.79 Å². The molecular weight excluding hydrogens is 448 g/mol. The van der Waals surface area contributed by atoms with Gasteiger partial charge in [0, 0.05) is 10.4 Å². The molecule has 1 aliphatic carbocycles. The molecule has 1 atom stereocenters. The van der Waals surface area contributed by atoms with Crippen molar-refractivity contribution in [2.45, 2.75) is 33.1 Å². The number of aromatic nitrogens is 2. The van der Waals surface area contributed by atoms with Gasteiger partial charge in [0.15, 0.2) is 11.5 Å². The SMILES string of the molecule is COc1cc(-c2nc3sc4c(c3c(=O)[nH]2)CC[C@H](C)C4)ccc1OCCOc1ccc(C)cc1. The zero-order valence-electron chi connectivity index (χ0n) is 19.6. The van der Waals surface area contributed by atoms with Crippen molar-refractivity contribution in [1.82, 2.24) is 9.97 Å². The van der Waals surface area contributed by atoms with Crippen LogP contribution in [0.25, 0.3) is 21.6 Å². The van der Waals surface area contributed by atoms with E-state index in [1.807, 2.05) is 49.4 Å². The molecular formula is C27H28N2O4S. The standard InChI is InChI=1S/C27H28N2O4S/c1-16-4-8-19(9-5-16)32-12-13-33-21-11-7-18(15-22(21)31-3)25-28-26(30)24-20-10-6-17(2)14-23(20)34-27(24)29-25/h4-5,7-9,11,15,17H,6,10,12-14H2,1-3H3,(H,28,29,30)/t17-/m0/s1. The highest BCUT2D eigenvalue weighted by Crippen LogP contribution is 2.37. The number of nitrogens with zero attached hydrogens (tertiary/aromatic N) is 1. The number of rotatable bonds is 7. The van der Waals surface area contributed by atoms with Crippen molar-refractivity contribution in [3.63, 3.8) is 0 Å². The van der Waals surface area contributed by atoms with Crippen LogP contribution in [-0.4, -0.2) is 30.3 Å². The van der Waals surface area contributed by atoms with Crippen LogP contribution in [0.15, 0.2) is 47.3 Å². The van der Waals surface area contributed by atoms with Crippen LogP contribution in [0.2, 0.25) is 0 Å². The Kier molecular flexibility index (Phi) is 6.28. The van der Waals surface area contributed by atoms with Crippen LogP contribution in [0.5, 0.6) is 17.2 Å². The van der Waals surface area contributed by atoms with Crippen molar-refractivity contribution >= 4 is 21.6 Å². The predicted molar refractivity (Wildman–Crippen MR) is 136 cm³/mol. The van der Waals surface area contributed by atoms with Crippen molar-refractivity contribution < 1.29 is 14.2 Å². The molecule has 7 heteroatoms. The number of hydrogen-bond donors (Lipinski definition) is 1. The molecule has 0 amide bonds. The van der Waals surface area contributed by atoms with Crippen molar-refractivity contribution in [2.75, 3.05) is 20.3 Å². The third kappa shape index (κ3) is 4.53. The van der Waals surface area contributed by atoms with E-state index in [0.717, 1.165) is 40.8 Å². The van der Waals surface area contributed by atoms with Gasteiger partial charge < -0.3 is 19.2 Å². The largest absolute Gasteiger partial charge is 0.493 e. The molecule has 5 rings (SSSR count). The van der Waals surface area contributed by atoms with Gasteiger partial charge in [0.05, 0.1) is 12.5 Å². The molecule has 0 spiro atoms. The summed E-state index contributed by atoms with van der Waals surface area (Å²) in [5.41, 5.74) is 3.09. The van der Waals surface area contributed by atoms with Crippen LogP contribution in [0.3, 0.4) is 0 Å². The van der Waals surface area contributed by atoms with E-state index in [9.17, 15) is 4.79 Å². The lowest BCUT2D eigenvalue weighted by atomic mass is 9.89. The molecule has 1 N–H and O–H groups in total. The lowest BCUT2D eigenvalue weighted by Crippen LogP contribution is -2.13. The summed E-state index contributed by atoms with van der Waals surface area (Å²) in [5, 5.41) is 0.760. The molecule has 0 radical (unpaired) electrons. The fourth-order valence-electron chi connectivity index (χ4n) is 4.37. The minimum atomic E-state index is -0.0698. The maximum Gasteiger partial charge on any atom is 0.260 e. The van der Waals surface area contributed by atoms with Gasteiger partial charge in [0.25, 0.3) is 5.56 Å². The first-order valence-electron chi connectivity index (χ1n) is 11.6. The Hall–Kier alpha value is -3.32. The van der Waals surface area contributed by atoms with E-state index in [1.165, 1.54) is 16.0 Å². The predicted octanol–water partition coefficient (Wildman–Crippen LogP) is 5.55. The van der Waals surface area contributed by atoms with Crippen LogP contribution < -0.4 is 19.8 Å². The number of hydrogen-bond acceptors (Lipinski definition) is 6. The third-order valence-electron chi connectivity index (χ3n) is 6.23. The Morgan fingerprint density at radius 2 is 1.88 bits per heavy atom. The highest BCUT2D eigenvalue weighted by Gasteiger charge is 2.23. The lowest BCUT2D eigenvalue weighted by Gasteiger charge is -2.17. The van der Waals surface area contributed by atoms with Gasteiger partial charge in [-0.1, -0.05) is 24.6 Å². The topological polar surface area (TPSA) is 73.4 Å².